The molecular weight excluding hydrogens is 338 g/mol. The molecule has 0 fully saturated rings. The van der Waals surface area contributed by atoms with Crippen LogP contribution in [0.15, 0.2) is 36.4 Å². The summed E-state index contributed by atoms with van der Waals surface area (Å²) in [5.41, 5.74) is 1.15. The number of nitrogens with one attached hydrogen (secondary N) is 1. The number of anilines is 1. The van der Waals surface area contributed by atoms with E-state index in [9.17, 15) is 9.59 Å². The molecule has 7 heteroatoms. The summed E-state index contributed by atoms with van der Waals surface area (Å²) in [6.07, 6.45) is -0.00936. The molecule has 26 heavy (non-hydrogen) atoms. The molecule has 0 bridgehead atoms. The van der Waals surface area contributed by atoms with Crippen LogP contribution in [0.2, 0.25) is 0 Å². The summed E-state index contributed by atoms with van der Waals surface area (Å²) in [4.78, 5) is 23.6. The lowest BCUT2D eigenvalue weighted by molar-refractivity contribution is -0.115. The van der Waals surface area contributed by atoms with Gasteiger partial charge in [-0.1, -0.05) is 6.07 Å². The molecule has 0 radical (unpaired) electrons. The van der Waals surface area contributed by atoms with E-state index in [1.807, 2.05) is 13.8 Å². The standard InChI is InChI=1S/C19H19NO6/c1-11(2)26-15-6-4-13(19(22)23)9-14(15)20-18(21)8-12-3-5-16-17(7-12)25-10-24-16/h3-7,9,11H,8,10H2,1-2H3,(H,20,21)(H,22,23). The molecule has 0 aliphatic carbocycles. The fourth-order valence-electron chi connectivity index (χ4n) is 2.55. The van der Waals surface area contributed by atoms with E-state index >= 15 is 0 Å². The second-order valence-electron chi connectivity index (χ2n) is 6.10. The van der Waals surface area contributed by atoms with Crippen molar-refractivity contribution >= 4 is 17.6 Å². The Morgan fingerprint density at radius 2 is 1.92 bits per heavy atom. The molecule has 0 aromatic heterocycles. The molecule has 2 N–H and O–H groups in total. The summed E-state index contributed by atoms with van der Waals surface area (Å²) in [5.74, 6) is 0.305. The summed E-state index contributed by atoms with van der Waals surface area (Å²) < 4.78 is 16.2. The van der Waals surface area contributed by atoms with Crippen LogP contribution in [0.1, 0.15) is 29.8 Å². The van der Waals surface area contributed by atoms with Gasteiger partial charge in [0.1, 0.15) is 5.75 Å². The molecule has 0 atom stereocenters. The minimum atomic E-state index is -1.08. The van der Waals surface area contributed by atoms with Crippen molar-refractivity contribution in [3.63, 3.8) is 0 Å². The van der Waals surface area contributed by atoms with Crippen LogP contribution in [0.3, 0.4) is 0 Å². The predicted molar refractivity (Wildman–Crippen MR) is 94.1 cm³/mol. The highest BCUT2D eigenvalue weighted by molar-refractivity contribution is 5.96. The van der Waals surface area contributed by atoms with Crippen LogP contribution in [-0.4, -0.2) is 29.9 Å². The summed E-state index contributed by atoms with van der Waals surface area (Å²) in [5, 5.41) is 11.9. The van der Waals surface area contributed by atoms with Gasteiger partial charge in [-0.05, 0) is 49.7 Å². The van der Waals surface area contributed by atoms with Gasteiger partial charge in [0.05, 0.1) is 23.8 Å². The van der Waals surface area contributed by atoms with Crippen molar-refractivity contribution in [1.82, 2.24) is 0 Å². The van der Waals surface area contributed by atoms with E-state index in [0.29, 0.717) is 22.9 Å². The van der Waals surface area contributed by atoms with Crippen LogP contribution in [0, 0.1) is 0 Å². The smallest absolute Gasteiger partial charge is 0.335 e. The molecule has 7 nitrogen and oxygen atoms in total. The van der Waals surface area contributed by atoms with Crippen LogP contribution < -0.4 is 19.5 Å². The van der Waals surface area contributed by atoms with Gasteiger partial charge >= 0.3 is 5.97 Å². The number of amides is 1. The molecule has 136 valence electrons. The lowest BCUT2D eigenvalue weighted by Gasteiger charge is -2.15. The van der Waals surface area contributed by atoms with E-state index in [1.54, 1.807) is 24.3 Å². The van der Waals surface area contributed by atoms with E-state index in [4.69, 9.17) is 19.3 Å². The fourth-order valence-corrected chi connectivity index (χ4v) is 2.55. The van der Waals surface area contributed by atoms with Crippen molar-refractivity contribution < 1.29 is 28.9 Å². The first kappa shape index (κ1) is 17.6. The quantitative estimate of drug-likeness (QED) is 0.825. The van der Waals surface area contributed by atoms with Crippen molar-refractivity contribution in [2.24, 2.45) is 0 Å². The van der Waals surface area contributed by atoms with E-state index < -0.39 is 5.97 Å². The average Bonchev–Trinajstić information content (AvgIpc) is 3.03. The zero-order valence-corrected chi connectivity index (χ0v) is 14.4. The lowest BCUT2D eigenvalue weighted by Crippen LogP contribution is -2.17. The highest BCUT2D eigenvalue weighted by atomic mass is 16.7. The number of carboxylic acids is 1. The number of aromatic carboxylic acids is 1. The molecule has 0 saturated heterocycles. The van der Waals surface area contributed by atoms with Crippen molar-refractivity contribution in [1.29, 1.82) is 0 Å². The molecular formula is C19H19NO6. The number of carbonyl (C=O) groups is 2. The van der Waals surface area contributed by atoms with Crippen molar-refractivity contribution in [3.05, 3.63) is 47.5 Å². The van der Waals surface area contributed by atoms with E-state index in [2.05, 4.69) is 5.32 Å². The zero-order chi connectivity index (χ0) is 18.7. The molecule has 0 unspecified atom stereocenters. The van der Waals surface area contributed by atoms with Gasteiger partial charge in [-0.25, -0.2) is 4.79 Å². The fraction of sp³-hybridized carbons (Fsp3) is 0.263. The molecule has 0 spiro atoms. The maximum atomic E-state index is 12.4. The first-order chi connectivity index (χ1) is 12.4. The Bertz CT molecular complexity index is 846. The first-order valence-corrected chi connectivity index (χ1v) is 8.15. The summed E-state index contributed by atoms with van der Waals surface area (Å²) in [6, 6.07) is 9.65. The number of rotatable bonds is 6. The third kappa shape index (κ3) is 4.05. The highest BCUT2D eigenvalue weighted by Crippen LogP contribution is 2.33. The molecule has 1 heterocycles. The largest absolute Gasteiger partial charge is 0.489 e. The minimum Gasteiger partial charge on any atom is -0.489 e. The van der Waals surface area contributed by atoms with E-state index in [-0.39, 0.29) is 30.8 Å². The van der Waals surface area contributed by atoms with Gasteiger partial charge in [-0.3, -0.25) is 4.79 Å². The van der Waals surface area contributed by atoms with Crippen LogP contribution in [-0.2, 0) is 11.2 Å². The number of fused-ring (bicyclic) bond motifs is 1. The Labute approximate surface area is 150 Å². The molecule has 1 aliphatic rings. The Balaban J connectivity index is 1.77. The maximum absolute atomic E-state index is 12.4. The maximum Gasteiger partial charge on any atom is 0.335 e. The number of benzene rings is 2. The van der Waals surface area contributed by atoms with Crippen LogP contribution in [0.4, 0.5) is 5.69 Å². The summed E-state index contributed by atoms with van der Waals surface area (Å²) in [6.45, 7) is 3.87. The zero-order valence-electron chi connectivity index (χ0n) is 14.4. The molecule has 2 aromatic carbocycles. The normalized spacial score (nSPS) is 12.1. The monoisotopic (exact) mass is 357 g/mol. The van der Waals surface area contributed by atoms with Crippen LogP contribution in [0.5, 0.6) is 17.2 Å². The van der Waals surface area contributed by atoms with E-state index in [0.717, 1.165) is 5.56 Å². The van der Waals surface area contributed by atoms with Crippen molar-refractivity contribution in [2.45, 2.75) is 26.4 Å². The Hall–Kier alpha value is -3.22. The summed E-state index contributed by atoms with van der Waals surface area (Å²) >= 11 is 0. The molecule has 0 saturated carbocycles. The summed E-state index contributed by atoms with van der Waals surface area (Å²) in [7, 11) is 0. The van der Waals surface area contributed by atoms with Gasteiger partial charge in [0.2, 0.25) is 12.7 Å². The number of carboxylic acid groups (broad SMARTS) is 1. The number of carbonyl (C=O) groups excluding carboxylic acids is 1. The lowest BCUT2D eigenvalue weighted by atomic mass is 10.1. The molecule has 3 rings (SSSR count). The van der Waals surface area contributed by atoms with Crippen molar-refractivity contribution in [3.8, 4) is 17.2 Å². The first-order valence-electron chi connectivity index (χ1n) is 8.15. The number of ether oxygens (including phenoxy) is 3. The molecule has 1 amide bonds. The van der Waals surface area contributed by atoms with Crippen molar-refractivity contribution in [2.75, 3.05) is 12.1 Å². The SMILES string of the molecule is CC(C)Oc1ccc(C(=O)O)cc1NC(=O)Cc1ccc2c(c1)OCO2. The van der Waals surface area contributed by atoms with Gasteiger partial charge in [0.15, 0.2) is 11.5 Å². The average molecular weight is 357 g/mol. The Morgan fingerprint density at radius 3 is 2.65 bits per heavy atom. The Morgan fingerprint density at radius 1 is 1.15 bits per heavy atom. The van der Waals surface area contributed by atoms with Crippen LogP contribution >= 0.6 is 0 Å². The van der Waals surface area contributed by atoms with Gasteiger partial charge < -0.3 is 24.6 Å². The third-order valence-corrected chi connectivity index (χ3v) is 3.66. The second-order valence-corrected chi connectivity index (χ2v) is 6.10. The third-order valence-electron chi connectivity index (χ3n) is 3.66. The highest BCUT2D eigenvalue weighted by Gasteiger charge is 2.16. The minimum absolute atomic E-state index is 0.0690. The Kier molecular flexibility index (Phi) is 4.97. The van der Waals surface area contributed by atoms with Gasteiger partial charge in [-0.15, -0.1) is 0 Å². The van der Waals surface area contributed by atoms with Crippen LogP contribution in [0.25, 0.3) is 0 Å². The number of hydrogen-bond donors (Lipinski definition) is 2. The predicted octanol–water partition coefficient (Wildman–Crippen LogP) is 3.08. The van der Waals surface area contributed by atoms with Gasteiger partial charge in [0, 0.05) is 0 Å². The molecule has 2 aromatic rings. The second kappa shape index (κ2) is 7.35. The topological polar surface area (TPSA) is 94.1 Å². The van der Waals surface area contributed by atoms with Gasteiger partial charge in [-0.2, -0.15) is 0 Å². The van der Waals surface area contributed by atoms with E-state index in [1.165, 1.54) is 12.1 Å². The van der Waals surface area contributed by atoms with Gasteiger partial charge in [0.25, 0.3) is 0 Å². The molecule has 1 aliphatic heterocycles. The number of hydrogen-bond acceptors (Lipinski definition) is 5.